The van der Waals surface area contributed by atoms with Crippen molar-refractivity contribution in [1.29, 1.82) is 0 Å². The Hall–Kier alpha value is -0.340. The van der Waals surface area contributed by atoms with Gasteiger partial charge in [-0.25, -0.2) is 0 Å². The van der Waals surface area contributed by atoms with E-state index in [-0.39, 0.29) is 6.10 Å². The molecule has 12 heavy (non-hydrogen) atoms. The number of hydrogen-bond acceptors (Lipinski definition) is 1. The van der Waals surface area contributed by atoms with Crippen molar-refractivity contribution in [1.82, 2.24) is 0 Å². The lowest BCUT2D eigenvalue weighted by Gasteiger charge is -2.05. The van der Waals surface area contributed by atoms with Crippen LogP contribution in [-0.2, 0) is 6.42 Å². The summed E-state index contributed by atoms with van der Waals surface area (Å²) in [6, 6.07) is 6.16. The van der Waals surface area contributed by atoms with Gasteiger partial charge in [0.15, 0.2) is 0 Å². The lowest BCUT2D eigenvalue weighted by Crippen LogP contribution is -2.03. The minimum absolute atomic E-state index is 0.264. The van der Waals surface area contributed by atoms with Gasteiger partial charge in [-0.2, -0.15) is 0 Å². The quantitative estimate of drug-likeness (QED) is 0.826. The highest BCUT2D eigenvalue weighted by Gasteiger charge is 2.00. The van der Waals surface area contributed by atoms with Crippen LogP contribution in [0.4, 0.5) is 0 Å². The molecule has 0 radical (unpaired) electrons. The van der Waals surface area contributed by atoms with Crippen molar-refractivity contribution in [2.45, 2.75) is 26.4 Å². The summed E-state index contributed by atoms with van der Waals surface area (Å²) in [6.07, 6.45) is 0.457. The van der Waals surface area contributed by atoms with Gasteiger partial charge in [-0.3, -0.25) is 0 Å². The van der Waals surface area contributed by atoms with E-state index in [1.807, 2.05) is 6.07 Å². The molecule has 2 heteroatoms. The molecule has 1 rings (SSSR count). The van der Waals surface area contributed by atoms with Crippen LogP contribution in [0.1, 0.15) is 18.1 Å². The second-order valence-electron chi connectivity index (χ2n) is 3.14. The van der Waals surface area contributed by atoms with Gasteiger partial charge in [-0.05, 0) is 37.5 Å². The molecule has 0 aliphatic heterocycles. The summed E-state index contributed by atoms with van der Waals surface area (Å²) in [4.78, 5) is 0. The molecule has 1 atom stereocenters. The van der Waals surface area contributed by atoms with Gasteiger partial charge in [-0.1, -0.05) is 28.1 Å². The highest BCUT2D eigenvalue weighted by molar-refractivity contribution is 9.10. The van der Waals surface area contributed by atoms with E-state index in [9.17, 15) is 0 Å². The fourth-order valence-corrected chi connectivity index (χ4v) is 1.53. The normalized spacial score (nSPS) is 13.0. The standard InChI is InChI=1S/C10H13BrO/c1-7-3-4-9(5-8(2)12)6-10(7)11/h3-4,6,8,12H,5H2,1-2H3. The summed E-state index contributed by atoms with van der Waals surface area (Å²) in [5, 5.41) is 9.15. The Labute approximate surface area is 81.6 Å². The first-order valence-electron chi connectivity index (χ1n) is 4.02. The summed E-state index contributed by atoms with van der Waals surface area (Å²) in [5.74, 6) is 0. The first kappa shape index (κ1) is 9.75. The third kappa shape index (κ3) is 2.61. The summed E-state index contributed by atoms with van der Waals surface area (Å²) in [7, 11) is 0. The molecule has 0 aliphatic carbocycles. The molecular formula is C10H13BrO. The van der Waals surface area contributed by atoms with Crippen molar-refractivity contribution in [3.63, 3.8) is 0 Å². The molecular weight excluding hydrogens is 216 g/mol. The molecule has 0 heterocycles. The molecule has 66 valence electrons. The van der Waals surface area contributed by atoms with E-state index in [0.717, 1.165) is 10.9 Å². The minimum Gasteiger partial charge on any atom is -0.393 e. The Morgan fingerprint density at radius 3 is 2.67 bits per heavy atom. The average Bonchev–Trinajstić information content (AvgIpc) is 1.96. The van der Waals surface area contributed by atoms with E-state index in [1.54, 1.807) is 6.92 Å². The number of benzene rings is 1. The molecule has 0 amide bonds. The molecule has 0 aromatic heterocycles. The monoisotopic (exact) mass is 228 g/mol. The van der Waals surface area contributed by atoms with Gasteiger partial charge in [0.1, 0.15) is 0 Å². The van der Waals surface area contributed by atoms with Gasteiger partial charge in [0.25, 0.3) is 0 Å². The van der Waals surface area contributed by atoms with Gasteiger partial charge in [0.05, 0.1) is 6.10 Å². The molecule has 0 aliphatic rings. The highest BCUT2D eigenvalue weighted by Crippen LogP contribution is 2.18. The number of hydrogen-bond donors (Lipinski definition) is 1. The van der Waals surface area contributed by atoms with Gasteiger partial charge < -0.3 is 5.11 Å². The summed E-state index contributed by atoms with van der Waals surface area (Å²) in [5.41, 5.74) is 2.40. The zero-order chi connectivity index (χ0) is 9.14. The highest BCUT2D eigenvalue weighted by atomic mass is 79.9. The fourth-order valence-electron chi connectivity index (χ4n) is 1.10. The smallest absolute Gasteiger partial charge is 0.0552 e. The first-order valence-corrected chi connectivity index (χ1v) is 4.82. The topological polar surface area (TPSA) is 20.2 Å². The van der Waals surface area contributed by atoms with E-state index >= 15 is 0 Å². The van der Waals surface area contributed by atoms with Gasteiger partial charge >= 0.3 is 0 Å². The van der Waals surface area contributed by atoms with Gasteiger partial charge in [0, 0.05) is 4.47 Å². The fraction of sp³-hybridized carbons (Fsp3) is 0.400. The third-order valence-electron chi connectivity index (χ3n) is 1.77. The molecule has 1 aromatic rings. The SMILES string of the molecule is Cc1ccc(CC(C)O)cc1Br. The largest absolute Gasteiger partial charge is 0.393 e. The molecule has 0 bridgehead atoms. The Morgan fingerprint density at radius 2 is 2.17 bits per heavy atom. The van der Waals surface area contributed by atoms with Crippen LogP contribution in [0, 0.1) is 6.92 Å². The predicted octanol–water partition coefficient (Wildman–Crippen LogP) is 2.68. The van der Waals surface area contributed by atoms with E-state index in [2.05, 4.69) is 35.0 Å². The third-order valence-corrected chi connectivity index (χ3v) is 2.62. The summed E-state index contributed by atoms with van der Waals surface area (Å²) >= 11 is 3.45. The first-order chi connectivity index (χ1) is 5.59. The Morgan fingerprint density at radius 1 is 1.50 bits per heavy atom. The van der Waals surface area contributed by atoms with Crippen LogP contribution < -0.4 is 0 Å². The zero-order valence-corrected chi connectivity index (χ0v) is 8.93. The van der Waals surface area contributed by atoms with Gasteiger partial charge in [-0.15, -0.1) is 0 Å². The molecule has 0 fully saturated rings. The number of aliphatic hydroxyl groups is 1. The van der Waals surface area contributed by atoms with Crippen LogP contribution in [0.3, 0.4) is 0 Å². The van der Waals surface area contributed by atoms with Crippen LogP contribution in [0.15, 0.2) is 22.7 Å². The molecule has 1 nitrogen and oxygen atoms in total. The number of halogens is 1. The van der Waals surface area contributed by atoms with E-state index in [0.29, 0.717) is 0 Å². The second kappa shape index (κ2) is 4.06. The van der Waals surface area contributed by atoms with E-state index < -0.39 is 0 Å². The van der Waals surface area contributed by atoms with Crippen LogP contribution in [-0.4, -0.2) is 11.2 Å². The number of aryl methyl sites for hydroxylation is 1. The molecule has 0 spiro atoms. The summed E-state index contributed by atoms with van der Waals surface area (Å²) < 4.78 is 1.11. The molecule has 1 aromatic carbocycles. The predicted molar refractivity (Wildman–Crippen MR) is 54.3 cm³/mol. The second-order valence-corrected chi connectivity index (χ2v) is 3.99. The van der Waals surface area contributed by atoms with Crippen LogP contribution in [0.25, 0.3) is 0 Å². The van der Waals surface area contributed by atoms with Crippen molar-refractivity contribution in [3.8, 4) is 0 Å². The maximum absolute atomic E-state index is 9.15. The van der Waals surface area contributed by atoms with Crippen LogP contribution in [0.5, 0.6) is 0 Å². The van der Waals surface area contributed by atoms with Crippen molar-refractivity contribution in [3.05, 3.63) is 33.8 Å². The lowest BCUT2D eigenvalue weighted by atomic mass is 10.1. The lowest BCUT2D eigenvalue weighted by molar-refractivity contribution is 0.195. The Kier molecular flexibility index (Phi) is 3.29. The van der Waals surface area contributed by atoms with Crippen LogP contribution >= 0.6 is 15.9 Å². The number of rotatable bonds is 2. The maximum atomic E-state index is 9.15. The molecule has 1 N–H and O–H groups in total. The maximum Gasteiger partial charge on any atom is 0.0552 e. The molecule has 1 unspecified atom stereocenters. The molecule has 0 saturated heterocycles. The average molecular weight is 229 g/mol. The van der Waals surface area contributed by atoms with Crippen molar-refractivity contribution < 1.29 is 5.11 Å². The van der Waals surface area contributed by atoms with Crippen molar-refractivity contribution in [2.24, 2.45) is 0 Å². The molecule has 0 saturated carbocycles. The minimum atomic E-state index is -0.264. The number of aliphatic hydroxyl groups excluding tert-OH is 1. The van der Waals surface area contributed by atoms with E-state index in [4.69, 9.17) is 5.11 Å². The summed E-state index contributed by atoms with van der Waals surface area (Å²) in [6.45, 7) is 3.85. The zero-order valence-electron chi connectivity index (χ0n) is 7.34. The van der Waals surface area contributed by atoms with Crippen molar-refractivity contribution in [2.75, 3.05) is 0 Å². The van der Waals surface area contributed by atoms with Crippen LogP contribution in [0.2, 0.25) is 0 Å². The van der Waals surface area contributed by atoms with E-state index in [1.165, 1.54) is 11.1 Å². The Balaban J connectivity index is 2.82. The van der Waals surface area contributed by atoms with Gasteiger partial charge in [0.2, 0.25) is 0 Å². The van der Waals surface area contributed by atoms with Crippen molar-refractivity contribution >= 4 is 15.9 Å². The Bertz CT molecular complexity index is 269.